The Labute approximate surface area is 126 Å². The second kappa shape index (κ2) is 6.11. The number of H-pyrrole nitrogens is 1. The quantitative estimate of drug-likeness (QED) is 0.703. The summed E-state index contributed by atoms with van der Waals surface area (Å²) in [6.07, 6.45) is 5.97. The monoisotopic (exact) mass is 301 g/mol. The van der Waals surface area contributed by atoms with Crippen molar-refractivity contribution in [3.63, 3.8) is 0 Å². The Morgan fingerprint density at radius 3 is 2.81 bits per heavy atom. The van der Waals surface area contributed by atoms with Crippen LogP contribution in [0.5, 0.6) is 0 Å². The molecular formula is C14H15N5OS. The maximum Gasteiger partial charge on any atom is 0.244 e. The molecule has 0 amide bonds. The van der Waals surface area contributed by atoms with Crippen molar-refractivity contribution in [2.45, 2.75) is 17.4 Å². The Hall–Kier alpha value is -2.12. The number of aromatic nitrogens is 4. The van der Waals surface area contributed by atoms with Gasteiger partial charge in [0.05, 0.1) is 12.4 Å². The molecule has 3 aromatic rings. The average Bonchev–Trinajstić information content (AvgIpc) is 3.18. The van der Waals surface area contributed by atoms with Crippen LogP contribution in [0.3, 0.4) is 0 Å². The highest BCUT2D eigenvalue weighted by atomic mass is 32.2. The van der Waals surface area contributed by atoms with Crippen molar-refractivity contribution >= 4 is 11.8 Å². The molecule has 108 valence electrons. The van der Waals surface area contributed by atoms with E-state index in [9.17, 15) is 0 Å². The minimum absolute atomic E-state index is 0.350. The zero-order valence-electron chi connectivity index (χ0n) is 11.5. The van der Waals surface area contributed by atoms with Gasteiger partial charge in [-0.1, -0.05) is 5.16 Å². The van der Waals surface area contributed by atoms with Crippen molar-refractivity contribution in [3.8, 4) is 11.4 Å². The number of hydrogen-bond donors (Lipinski definition) is 2. The third-order valence-electron chi connectivity index (χ3n) is 3.10. The van der Waals surface area contributed by atoms with E-state index in [1.54, 1.807) is 24.3 Å². The van der Waals surface area contributed by atoms with Gasteiger partial charge >= 0.3 is 0 Å². The normalized spacial score (nSPS) is 12.5. The lowest BCUT2D eigenvalue weighted by Crippen LogP contribution is -2.13. The molecule has 1 unspecified atom stereocenters. The molecule has 0 saturated heterocycles. The van der Waals surface area contributed by atoms with Gasteiger partial charge in [-0.25, -0.2) is 4.98 Å². The topological polar surface area (TPSA) is 93.6 Å². The van der Waals surface area contributed by atoms with Crippen LogP contribution in [0.1, 0.15) is 17.6 Å². The van der Waals surface area contributed by atoms with Crippen LogP contribution in [0.2, 0.25) is 0 Å². The lowest BCUT2D eigenvalue weighted by molar-refractivity contribution is 0.354. The number of nitrogens with zero attached hydrogens (tertiary/aromatic N) is 3. The predicted octanol–water partition coefficient (Wildman–Crippen LogP) is 2.42. The highest BCUT2D eigenvalue weighted by Crippen LogP contribution is 2.22. The van der Waals surface area contributed by atoms with Gasteiger partial charge < -0.3 is 15.2 Å². The van der Waals surface area contributed by atoms with E-state index < -0.39 is 0 Å². The lowest BCUT2D eigenvalue weighted by atomic mass is 10.2. The lowest BCUT2D eigenvalue weighted by Gasteiger charge is -2.03. The predicted molar refractivity (Wildman–Crippen MR) is 80.7 cm³/mol. The highest BCUT2D eigenvalue weighted by Gasteiger charge is 2.16. The summed E-state index contributed by atoms with van der Waals surface area (Å²) in [7, 11) is 0. The fraction of sp³-hybridized carbons (Fsp3) is 0.214. The van der Waals surface area contributed by atoms with E-state index in [1.165, 1.54) is 4.90 Å². The molecule has 0 bridgehead atoms. The largest absolute Gasteiger partial charge is 0.348 e. The van der Waals surface area contributed by atoms with E-state index in [-0.39, 0.29) is 6.04 Å². The van der Waals surface area contributed by atoms with E-state index in [0.717, 1.165) is 11.3 Å². The van der Waals surface area contributed by atoms with Gasteiger partial charge in [0.2, 0.25) is 11.7 Å². The van der Waals surface area contributed by atoms with Crippen LogP contribution in [-0.2, 0) is 6.42 Å². The summed E-state index contributed by atoms with van der Waals surface area (Å²) < 4.78 is 5.26. The summed E-state index contributed by atoms with van der Waals surface area (Å²) in [6.45, 7) is 0. The first-order valence-electron chi connectivity index (χ1n) is 6.47. The summed E-state index contributed by atoms with van der Waals surface area (Å²) in [5, 5.41) is 3.99. The van der Waals surface area contributed by atoms with Crippen molar-refractivity contribution in [2.75, 3.05) is 6.26 Å². The summed E-state index contributed by atoms with van der Waals surface area (Å²) in [4.78, 5) is 12.5. The van der Waals surface area contributed by atoms with Crippen molar-refractivity contribution in [1.29, 1.82) is 0 Å². The molecule has 2 aromatic heterocycles. The molecule has 0 aliphatic heterocycles. The van der Waals surface area contributed by atoms with E-state index in [4.69, 9.17) is 10.3 Å². The van der Waals surface area contributed by atoms with E-state index in [0.29, 0.717) is 18.1 Å². The molecular weight excluding hydrogens is 286 g/mol. The highest BCUT2D eigenvalue weighted by molar-refractivity contribution is 7.98. The van der Waals surface area contributed by atoms with Crippen LogP contribution in [0.15, 0.2) is 46.2 Å². The average molecular weight is 301 g/mol. The van der Waals surface area contributed by atoms with Crippen LogP contribution in [0.4, 0.5) is 0 Å². The molecule has 3 N–H and O–H groups in total. The van der Waals surface area contributed by atoms with Crippen LogP contribution < -0.4 is 5.73 Å². The van der Waals surface area contributed by atoms with Crippen LogP contribution in [0, 0.1) is 0 Å². The minimum Gasteiger partial charge on any atom is -0.348 e. The first-order valence-corrected chi connectivity index (χ1v) is 7.69. The summed E-state index contributed by atoms with van der Waals surface area (Å²) in [6, 6.07) is 7.65. The van der Waals surface area contributed by atoms with Crippen molar-refractivity contribution in [2.24, 2.45) is 5.73 Å². The SMILES string of the molecule is CSc1ccc(-c2noc(C(N)Cc3cnc[nH]3)n2)cc1. The number of nitrogens with two attached hydrogens (primary N) is 1. The van der Waals surface area contributed by atoms with Gasteiger partial charge in [0.25, 0.3) is 0 Å². The second-order valence-electron chi connectivity index (χ2n) is 4.57. The Bertz CT molecular complexity index is 692. The molecule has 2 heterocycles. The molecule has 6 nitrogen and oxygen atoms in total. The first kappa shape index (κ1) is 13.8. The summed E-state index contributed by atoms with van der Waals surface area (Å²) in [5.41, 5.74) is 7.93. The Morgan fingerprint density at radius 2 is 2.14 bits per heavy atom. The molecule has 0 radical (unpaired) electrons. The van der Waals surface area contributed by atoms with Crippen LogP contribution in [0.25, 0.3) is 11.4 Å². The van der Waals surface area contributed by atoms with Gasteiger partial charge in [-0.15, -0.1) is 11.8 Å². The minimum atomic E-state index is -0.350. The van der Waals surface area contributed by atoms with E-state index >= 15 is 0 Å². The van der Waals surface area contributed by atoms with Gasteiger partial charge in [0.1, 0.15) is 0 Å². The molecule has 7 heteroatoms. The fourth-order valence-corrected chi connectivity index (χ4v) is 2.37. The van der Waals surface area contributed by atoms with E-state index in [1.807, 2.05) is 30.5 Å². The van der Waals surface area contributed by atoms with Crippen molar-refractivity contribution in [1.82, 2.24) is 20.1 Å². The summed E-state index contributed by atoms with van der Waals surface area (Å²) >= 11 is 1.69. The zero-order chi connectivity index (χ0) is 14.7. The summed E-state index contributed by atoms with van der Waals surface area (Å²) in [5.74, 6) is 0.978. The Balaban J connectivity index is 1.75. The van der Waals surface area contributed by atoms with Gasteiger partial charge in [-0.3, -0.25) is 0 Å². The fourth-order valence-electron chi connectivity index (χ4n) is 1.96. The van der Waals surface area contributed by atoms with Crippen LogP contribution in [-0.4, -0.2) is 26.4 Å². The zero-order valence-corrected chi connectivity index (χ0v) is 12.3. The Kier molecular flexibility index (Phi) is 4.03. The number of imidazole rings is 1. The molecule has 1 aromatic carbocycles. The molecule has 0 aliphatic rings. The van der Waals surface area contributed by atoms with Gasteiger partial charge in [0.15, 0.2) is 0 Å². The Morgan fingerprint density at radius 1 is 1.33 bits per heavy atom. The standard InChI is InChI=1S/C14H15N5OS/c1-21-11-4-2-9(3-5-11)13-18-14(20-19-13)12(15)6-10-7-16-8-17-10/h2-5,7-8,12H,6,15H2,1H3,(H,16,17). The maximum atomic E-state index is 6.08. The van der Waals surface area contributed by atoms with Crippen molar-refractivity contribution < 1.29 is 4.52 Å². The third-order valence-corrected chi connectivity index (χ3v) is 3.85. The molecule has 0 spiro atoms. The molecule has 21 heavy (non-hydrogen) atoms. The second-order valence-corrected chi connectivity index (χ2v) is 5.45. The first-order chi connectivity index (χ1) is 10.3. The van der Waals surface area contributed by atoms with Crippen molar-refractivity contribution in [3.05, 3.63) is 48.4 Å². The number of benzene rings is 1. The number of thioether (sulfide) groups is 1. The molecule has 0 fully saturated rings. The molecule has 3 rings (SSSR count). The molecule has 1 atom stereocenters. The number of aromatic amines is 1. The molecule has 0 saturated carbocycles. The smallest absolute Gasteiger partial charge is 0.244 e. The number of nitrogens with one attached hydrogen (secondary N) is 1. The van der Waals surface area contributed by atoms with Gasteiger partial charge in [0, 0.05) is 28.8 Å². The van der Waals surface area contributed by atoms with Gasteiger partial charge in [-0.2, -0.15) is 4.98 Å². The third kappa shape index (κ3) is 3.14. The number of rotatable bonds is 5. The van der Waals surface area contributed by atoms with E-state index in [2.05, 4.69) is 20.1 Å². The van der Waals surface area contributed by atoms with Gasteiger partial charge in [-0.05, 0) is 30.5 Å². The van der Waals surface area contributed by atoms with Crippen LogP contribution >= 0.6 is 11.8 Å². The molecule has 0 aliphatic carbocycles. The maximum absolute atomic E-state index is 6.08. The number of hydrogen-bond acceptors (Lipinski definition) is 6.